The zero-order chi connectivity index (χ0) is 13.1. The van der Waals surface area contributed by atoms with Crippen LogP contribution < -0.4 is 5.73 Å². The van der Waals surface area contributed by atoms with Gasteiger partial charge in [-0.15, -0.1) is 0 Å². The molecule has 96 valence electrons. The molecule has 0 aliphatic rings. The molecule has 0 amide bonds. The molecule has 3 N–H and O–H groups in total. The van der Waals surface area contributed by atoms with Gasteiger partial charge in [0, 0.05) is 32.6 Å². The first kappa shape index (κ1) is 15.3. The molecule has 6 nitrogen and oxygen atoms in total. The Bertz CT molecular complexity index is 339. The second kappa shape index (κ2) is 5.60. The van der Waals surface area contributed by atoms with Crippen LogP contribution in [-0.4, -0.2) is 49.0 Å². The van der Waals surface area contributed by atoms with E-state index in [-0.39, 0.29) is 24.3 Å². The van der Waals surface area contributed by atoms with E-state index in [2.05, 4.69) is 0 Å². The number of nitrogens with two attached hydrogens (primary N) is 1. The molecular formula is C9H22N4O2S. The van der Waals surface area contributed by atoms with E-state index in [9.17, 15) is 8.42 Å². The molecule has 0 aliphatic carbocycles. The summed E-state index contributed by atoms with van der Waals surface area (Å²) in [6.45, 7) is 5.34. The zero-order valence-electron chi connectivity index (χ0n) is 10.6. The molecular weight excluding hydrogens is 228 g/mol. The molecule has 0 aromatic rings. The molecule has 0 saturated heterocycles. The summed E-state index contributed by atoms with van der Waals surface area (Å²) in [5.41, 5.74) is 5.26. The lowest BCUT2D eigenvalue weighted by molar-refractivity contribution is 0.327. The molecule has 0 aromatic carbocycles. The molecule has 0 heterocycles. The van der Waals surface area contributed by atoms with Crippen LogP contribution in [0.2, 0.25) is 0 Å². The van der Waals surface area contributed by atoms with Crippen LogP contribution in [0.15, 0.2) is 0 Å². The van der Waals surface area contributed by atoms with Crippen LogP contribution in [0.5, 0.6) is 0 Å². The first-order chi connectivity index (χ1) is 7.10. The maximum atomic E-state index is 12.0. The Morgan fingerprint density at radius 1 is 1.25 bits per heavy atom. The summed E-state index contributed by atoms with van der Waals surface area (Å²) in [7, 11) is -0.428. The Kier molecular flexibility index (Phi) is 5.37. The highest BCUT2D eigenvalue weighted by Gasteiger charge is 2.29. The summed E-state index contributed by atoms with van der Waals surface area (Å²) in [6.07, 6.45) is 0.238. The molecule has 0 fully saturated rings. The van der Waals surface area contributed by atoms with Crippen molar-refractivity contribution in [3.63, 3.8) is 0 Å². The van der Waals surface area contributed by atoms with Crippen LogP contribution in [0.1, 0.15) is 27.2 Å². The molecule has 0 saturated carbocycles. The molecule has 0 aromatic heterocycles. The van der Waals surface area contributed by atoms with Gasteiger partial charge in [-0.05, 0) is 20.8 Å². The van der Waals surface area contributed by atoms with Crippen molar-refractivity contribution in [2.45, 2.75) is 39.3 Å². The highest BCUT2D eigenvalue weighted by Crippen LogP contribution is 2.13. The van der Waals surface area contributed by atoms with E-state index in [0.717, 1.165) is 0 Å². The summed E-state index contributed by atoms with van der Waals surface area (Å²) < 4.78 is 26.6. The van der Waals surface area contributed by atoms with Gasteiger partial charge in [0.15, 0.2) is 0 Å². The summed E-state index contributed by atoms with van der Waals surface area (Å²) in [4.78, 5) is 0. The standard InChI is InChI=1S/C9H22N4O2S/c1-7(2)12(4)16(14,15)13(5)8(3)6-9(10)11/h7-8H,6H2,1-5H3,(H3,10,11). The minimum Gasteiger partial charge on any atom is -0.388 e. The lowest BCUT2D eigenvalue weighted by Gasteiger charge is -2.30. The third-order valence-corrected chi connectivity index (χ3v) is 4.83. The quantitative estimate of drug-likeness (QED) is 0.522. The van der Waals surface area contributed by atoms with E-state index in [0.29, 0.717) is 0 Å². The van der Waals surface area contributed by atoms with Crippen LogP contribution >= 0.6 is 0 Å². The fraction of sp³-hybridized carbons (Fsp3) is 0.889. The van der Waals surface area contributed by atoms with E-state index in [1.807, 2.05) is 0 Å². The van der Waals surface area contributed by atoms with Crippen molar-refractivity contribution in [1.82, 2.24) is 8.61 Å². The zero-order valence-corrected chi connectivity index (χ0v) is 11.4. The van der Waals surface area contributed by atoms with E-state index in [1.54, 1.807) is 20.8 Å². The third-order valence-electron chi connectivity index (χ3n) is 2.59. The first-order valence-corrected chi connectivity index (χ1v) is 6.54. The van der Waals surface area contributed by atoms with Gasteiger partial charge in [0.05, 0.1) is 5.84 Å². The van der Waals surface area contributed by atoms with Crippen LogP contribution in [0.3, 0.4) is 0 Å². The number of nitrogens with zero attached hydrogens (tertiary/aromatic N) is 2. The van der Waals surface area contributed by atoms with Gasteiger partial charge in [0.2, 0.25) is 0 Å². The topological polar surface area (TPSA) is 90.5 Å². The number of amidine groups is 1. The highest BCUT2D eigenvalue weighted by atomic mass is 32.2. The summed E-state index contributed by atoms with van der Waals surface area (Å²) in [5, 5.41) is 7.16. The van der Waals surface area contributed by atoms with Gasteiger partial charge in [-0.3, -0.25) is 5.41 Å². The number of nitrogens with one attached hydrogen (secondary N) is 1. The maximum absolute atomic E-state index is 12.0. The highest BCUT2D eigenvalue weighted by molar-refractivity contribution is 7.86. The Balaban J connectivity index is 4.83. The van der Waals surface area contributed by atoms with Crippen molar-refractivity contribution in [3.05, 3.63) is 0 Å². The predicted molar refractivity (Wildman–Crippen MR) is 65.6 cm³/mol. The Morgan fingerprint density at radius 2 is 1.69 bits per heavy atom. The number of hydrogen-bond donors (Lipinski definition) is 2. The van der Waals surface area contributed by atoms with Crippen molar-refractivity contribution < 1.29 is 8.42 Å². The summed E-state index contributed by atoms with van der Waals surface area (Å²) in [5.74, 6) is -0.0123. The fourth-order valence-electron chi connectivity index (χ4n) is 1.14. The average Bonchev–Trinajstić information content (AvgIpc) is 2.13. The Labute approximate surface area is 98.1 Å². The average molecular weight is 250 g/mol. The molecule has 1 unspecified atom stereocenters. The fourth-order valence-corrected chi connectivity index (χ4v) is 2.61. The second-order valence-corrected chi connectivity index (χ2v) is 6.26. The van der Waals surface area contributed by atoms with Gasteiger partial charge in [-0.1, -0.05) is 0 Å². The van der Waals surface area contributed by atoms with Crippen molar-refractivity contribution in [2.75, 3.05) is 14.1 Å². The predicted octanol–water partition coefficient (Wildman–Crippen LogP) is 0.218. The van der Waals surface area contributed by atoms with Crippen molar-refractivity contribution in [2.24, 2.45) is 5.73 Å². The number of rotatable bonds is 6. The van der Waals surface area contributed by atoms with Gasteiger partial charge in [-0.25, -0.2) is 0 Å². The lowest BCUT2D eigenvalue weighted by atomic mass is 10.2. The van der Waals surface area contributed by atoms with E-state index in [1.165, 1.54) is 22.7 Å². The summed E-state index contributed by atoms with van der Waals surface area (Å²) in [6, 6.07) is -0.416. The lowest BCUT2D eigenvalue weighted by Crippen LogP contribution is -2.47. The van der Waals surface area contributed by atoms with Crippen LogP contribution in [0.25, 0.3) is 0 Å². The molecule has 1 atom stereocenters. The summed E-state index contributed by atoms with van der Waals surface area (Å²) >= 11 is 0. The van der Waals surface area contributed by atoms with Crippen LogP contribution in [0, 0.1) is 5.41 Å². The number of hydrogen-bond acceptors (Lipinski definition) is 3. The van der Waals surface area contributed by atoms with E-state index >= 15 is 0 Å². The maximum Gasteiger partial charge on any atom is 0.281 e. The van der Waals surface area contributed by atoms with Gasteiger partial charge in [0.25, 0.3) is 10.2 Å². The van der Waals surface area contributed by atoms with Gasteiger partial charge < -0.3 is 5.73 Å². The first-order valence-electron chi connectivity index (χ1n) is 5.14. The normalized spacial score (nSPS) is 14.8. The molecule has 7 heteroatoms. The van der Waals surface area contributed by atoms with Crippen molar-refractivity contribution in [3.8, 4) is 0 Å². The Morgan fingerprint density at radius 3 is 2.00 bits per heavy atom. The second-order valence-electron chi connectivity index (χ2n) is 4.21. The Hall–Kier alpha value is -0.660. The van der Waals surface area contributed by atoms with E-state index < -0.39 is 10.2 Å². The minimum absolute atomic E-state index is 0.0123. The molecule has 0 spiro atoms. The van der Waals surface area contributed by atoms with Gasteiger partial charge in [-0.2, -0.15) is 17.0 Å². The molecule has 16 heavy (non-hydrogen) atoms. The SMILES string of the molecule is CC(C)N(C)S(=O)(=O)N(C)C(C)CC(=N)N. The minimum atomic E-state index is -3.47. The largest absolute Gasteiger partial charge is 0.388 e. The molecule has 0 aliphatic heterocycles. The van der Waals surface area contributed by atoms with Crippen molar-refractivity contribution in [1.29, 1.82) is 5.41 Å². The molecule has 0 bridgehead atoms. The smallest absolute Gasteiger partial charge is 0.281 e. The van der Waals surface area contributed by atoms with Gasteiger partial charge in [0.1, 0.15) is 0 Å². The monoisotopic (exact) mass is 250 g/mol. The van der Waals surface area contributed by atoms with E-state index in [4.69, 9.17) is 11.1 Å². The molecule has 0 rings (SSSR count). The molecule has 0 radical (unpaired) electrons. The van der Waals surface area contributed by atoms with Crippen molar-refractivity contribution >= 4 is 16.0 Å². The van der Waals surface area contributed by atoms with Gasteiger partial charge >= 0.3 is 0 Å². The van der Waals surface area contributed by atoms with Crippen LogP contribution in [0.4, 0.5) is 0 Å². The van der Waals surface area contributed by atoms with Crippen LogP contribution in [-0.2, 0) is 10.2 Å². The third kappa shape index (κ3) is 3.73.